The van der Waals surface area contributed by atoms with Crippen LogP contribution in [0.4, 0.5) is 5.69 Å². The molecule has 0 radical (unpaired) electrons. The van der Waals surface area contributed by atoms with Crippen molar-refractivity contribution in [3.05, 3.63) is 42.0 Å². The molecule has 1 amide bonds. The van der Waals surface area contributed by atoms with Crippen LogP contribution in [0.15, 0.2) is 36.4 Å². The van der Waals surface area contributed by atoms with Gasteiger partial charge < -0.3 is 5.32 Å². The molecule has 0 heterocycles. The second kappa shape index (κ2) is 5.20. The molecule has 1 aromatic carbocycles. The lowest BCUT2D eigenvalue weighted by Crippen LogP contribution is -2.15. The van der Waals surface area contributed by atoms with Crippen molar-refractivity contribution in [2.45, 2.75) is 32.6 Å². The molecule has 100 valence electrons. The molecule has 0 aromatic heterocycles. The number of aryl methyl sites for hydroxylation is 1. The fourth-order valence-electron chi connectivity index (χ4n) is 3.30. The maximum absolute atomic E-state index is 12.3. The number of hydrogen-bond acceptors (Lipinski definition) is 1. The van der Waals surface area contributed by atoms with E-state index >= 15 is 0 Å². The molecule has 1 N–H and O–H groups in total. The average molecular weight is 255 g/mol. The van der Waals surface area contributed by atoms with E-state index in [1.807, 2.05) is 24.3 Å². The number of carbonyl (C=O) groups is 1. The smallest absolute Gasteiger partial charge is 0.228 e. The van der Waals surface area contributed by atoms with Crippen molar-refractivity contribution < 1.29 is 4.79 Å². The third-order valence-electron chi connectivity index (χ3n) is 4.45. The van der Waals surface area contributed by atoms with Gasteiger partial charge >= 0.3 is 0 Å². The zero-order valence-electron chi connectivity index (χ0n) is 11.4. The molecular formula is C17H21NO. The van der Waals surface area contributed by atoms with Crippen LogP contribution in [-0.4, -0.2) is 5.91 Å². The van der Waals surface area contributed by atoms with Crippen LogP contribution < -0.4 is 5.32 Å². The first-order valence-electron chi connectivity index (χ1n) is 7.28. The van der Waals surface area contributed by atoms with Crippen molar-refractivity contribution in [2.24, 2.45) is 17.8 Å². The van der Waals surface area contributed by atoms with Gasteiger partial charge in [-0.1, -0.05) is 29.8 Å². The normalized spacial score (nSPS) is 30.7. The number of rotatable bonds is 2. The van der Waals surface area contributed by atoms with Gasteiger partial charge in [-0.25, -0.2) is 0 Å². The van der Waals surface area contributed by atoms with E-state index in [0.29, 0.717) is 11.8 Å². The molecule has 1 fully saturated rings. The van der Waals surface area contributed by atoms with Gasteiger partial charge in [-0.15, -0.1) is 0 Å². The van der Waals surface area contributed by atoms with Gasteiger partial charge in [0.15, 0.2) is 0 Å². The monoisotopic (exact) mass is 255 g/mol. The van der Waals surface area contributed by atoms with Gasteiger partial charge in [0, 0.05) is 11.6 Å². The summed E-state index contributed by atoms with van der Waals surface area (Å²) in [5, 5.41) is 3.07. The summed E-state index contributed by atoms with van der Waals surface area (Å²) in [4.78, 5) is 12.3. The summed E-state index contributed by atoms with van der Waals surface area (Å²) in [7, 11) is 0. The lowest BCUT2D eigenvalue weighted by Gasteiger charge is -2.05. The molecule has 2 nitrogen and oxygen atoms in total. The van der Waals surface area contributed by atoms with Gasteiger partial charge in [0.1, 0.15) is 0 Å². The molecule has 1 saturated carbocycles. The Morgan fingerprint density at radius 1 is 1.05 bits per heavy atom. The van der Waals surface area contributed by atoms with E-state index in [1.54, 1.807) is 0 Å². The second-order valence-corrected chi connectivity index (χ2v) is 5.83. The summed E-state index contributed by atoms with van der Waals surface area (Å²) >= 11 is 0. The van der Waals surface area contributed by atoms with E-state index in [4.69, 9.17) is 0 Å². The Bertz CT molecular complexity index is 472. The summed E-state index contributed by atoms with van der Waals surface area (Å²) in [6.45, 7) is 2.06. The van der Waals surface area contributed by atoms with E-state index in [9.17, 15) is 4.79 Å². The molecule has 3 rings (SSSR count). The molecular weight excluding hydrogens is 234 g/mol. The van der Waals surface area contributed by atoms with Crippen LogP contribution in [0.3, 0.4) is 0 Å². The van der Waals surface area contributed by atoms with Gasteiger partial charge in [0.25, 0.3) is 0 Å². The fourth-order valence-corrected chi connectivity index (χ4v) is 3.30. The van der Waals surface area contributed by atoms with Crippen molar-refractivity contribution in [1.29, 1.82) is 0 Å². The number of amides is 1. The largest absolute Gasteiger partial charge is 0.326 e. The lowest BCUT2D eigenvalue weighted by atomic mass is 10.1. The van der Waals surface area contributed by atoms with Gasteiger partial charge in [-0.2, -0.15) is 0 Å². The van der Waals surface area contributed by atoms with Crippen molar-refractivity contribution in [2.75, 3.05) is 5.32 Å². The molecule has 2 aliphatic carbocycles. The van der Waals surface area contributed by atoms with Crippen LogP contribution in [0.25, 0.3) is 0 Å². The molecule has 2 heteroatoms. The highest BCUT2D eigenvalue weighted by Crippen LogP contribution is 2.53. The first-order valence-corrected chi connectivity index (χ1v) is 7.28. The minimum atomic E-state index is 0.223. The molecule has 2 unspecified atom stereocenters. The summed E-state index contributed by atoms with van der Waals surface area (Å²) in [5.74, 6) is 1.72. The van der Waals surface area contributed by atoms with Gasteiger partial charge in [-0.3, -0.25) is 4.79 Å². The van der Waals surface area contributed by atoms with Gasteiger partial charge in [0.2, 0.25) is 5.91 Å². The van der Waals surface area contributed by atoms with Crippen LogP contribution in [0.1, 0.15) is 31.2 Å². The number of benzene rings is 1. The van der Waals surface area contributed by atoms with Crippen molar-refractivity contribution in [3.63, 3.8) is 0 Å². The summed E-state index contributed by atoms with van der Waals surface area (Å²) in [6, 6.07) is 8.05. The zero-order valence-corrected chi connectivity index (χ0v) is 11.4. The Kier molecular flexibility index (Phi) is 3.41. The van der Waals surface area contributed by atoms with Crippen LogP contribution in [0, 0.1) is 24.7 Å². The Morgan fingerprint density at radius 3 is 2.21 bits per heavy atom. The SMILES string of the molecule is Cc1ccc(NC(=O)C2C3CC/C=C\CCC32)cc1. The summed E-state index contributed by atoms with van der Waals surface area (Å²) in [5.41, 5.74) is 2.14. The number of fused-ring (bicyclic) bond motifs is 1. The Balaban J connectivity index is 1.61. The van der Waals surface area contributed by atoms with Gasteiger partial charge in [-0.05, 0) is 56.6 Å². The second-order valence-electron chi connectivity index (χ2n) is 5.83. The topological polar surface area (TPSA) is 29.1 Å². The van der Waals surface area contributed by atoms with Gasteiger partial charge in [0.05, 0.1) is 0 Å². The van der Waals surface area contributed by atoms with E-state index in [2.05, 4.69) is 24.4 Å². The highest BCUT2D eigenvalue weighted by Gasteiger charge is 2.53. The molecule has 0 bridgehead atoms. The third-order valence-corrected chi connectivity index (χ3v) is 4.45. The van der Waals surface area contributed by atoms with Crippen LogP contribution in [-0.2, 0) is 4.79 Å². The molecule has 0 saturated heterocycles. The Hall–Kier alpha value is -1.57. The van der Waals surface area contributed by atoms with Crippen molar-refractivity contribution in [1.82, 2.24) is 0 Å². The predicted octanol–water partition coefficient (Wildman–Crippen LogP) is 3.93. The molecule has 2 aliphatic rings. The zero-order chi connectivity index (χ0) is 13.2. The number of hydrogen-bond donors (Lipinski definition) is 1. The predicted molar refractivity (Wildman–Crippen MR) is 77.9 cm³/mol. The Morgan fingerprint density at radius 2 is 1.63 bits per heavy atom. The highest BCUT2D eigenvalue weighted by molar-refractivity contribution is 5.94. The van der Waals surface area contributed by atoms with Crippen LogP contribution in [0.2, 0.25) is 0 Å². The van der Waals surface area contributed by atoms with E-state index < -0.39 is 0 Å². The average Bonchev–Trinajstić information content (AvgIpc) is 3.03. The minimum Gasteiger partial charge on any atom is -0.326 e. The van der Waals surface area contributed by atoms with E-state index in [1.165, 1.54) is 18.4 Å². The molecule has 1 aromatic rings. The number of anilines is 1. The van der Waals surface area contributed by atoms with Crippen molar-refractivity contribution in [3.8, 4) is 0 Å². The number of nitrogens with one attached hydrogen (secondary N) is 1. The fraction of sp³-hybridized carbons (Fsp3) is 0.471. The standard InChI is InChI=1S/C17H21NO/c1-12-8-10-13(11-9-12)18-17(19)16-14-6-4-2-3-5-7-15(14)16/h2-3,8-11,14-16H,4-7H2,1H3,(H,18,19)/b3-2-. The quantitative estimate of drug-likeness (QED) is 0.797. The first kappa shape index (κ1) is 12.5. The molecule has 0 aliphatic heterocycles. The van der Waals surface area contributed by atoms with Crippen molar-refractivity contribution >= 4 is 11.6 Å². The first-order chi connectivity index (χ1) is 9.25. The van der Waals surface area contributed by atoms with E-state index in [0.717, 1.165) is 18.5 Å². The number of carbonyl (C=O) groups excluding carboxylic acids is 1. The Labute approximate surface area is 114 Å². The minimum absolute atomic E-state index is 0.223. The van der Waals surface area contributed by atoms with E-state index in [-0.39, 0.29) is 11.8 Å². The molecule has 0 spiro atoms. The molecule has 19 heavy (non-hydrogen) atoms. The summed E-state index contributed by atoms with van der Waals surface area (Å²) < 4.78 is 0. The number of allylic oxidation sites excluding steroid dienone is 2. The lowest BCUT2D eigenvalue weighted by molar-refractivity contribution is -0.117. The molecule has 2 atom stereocenters. The highest BCUT2D eigenvalue weighted by atomic mass is 16.2. The maximum atomic E-state index is 12.3. The van der Waals surface area contributed by atoms with Crippen LogP contribution >= 0.6 is 0 Å². The summed E-state index contributed by atoms with van der Waals surface area (Å²) in [6.07, 6.45) is 9.15. The third kappa shape index (κ3) is 2.73. The maximum Gasteiger partial charge on any atom is 0.228 e. The van der Waals surface area contributed by atoms with Crippen LogP contribution in [0.5, 0.6) is 0 Å².